The Morgan fingerprint density at radius 2 is 1.62 bits per heavy atom. The third kappa shape index (κ3) is 3.79. The van der Waals surface area contributed by atoms with Crippen molar-refractivity contribution in [1.29, 1.82) is 0 Å². The lowest BCUT2D eigenvalue weighted by Gasteiger charge is -2.23. The maximum atomic E-state index is 5.92. The van der Waals surface area contributed by atoms with E-state index in [1.807, 2.05) is 44.2 Å². The lowest BCUT2D eigenvalue weighted by molar-refractivity contribution is 0.238. The molecule has 0 aliphatic rings. The summed E-state index contributed by atoms with van der Waals surface area (Å²) in [6.45, 7) is 4.05. The van der Waals surface area contributed by atoms with Crippen molar-refractivity contribution in [2.24, 2.45) is 5.84 Å². The maximum Gasteiger partial charge on any atom is 0.124 e. The Balaban J connectivity index is 2.46. The number of hydrogen-bond acceptors (Lipinski definition) is 4. The van der Waals surface area contributed by atoms with Crippen LogP contribution in [0, 0.1) is 0 Å². The average Bonchev–Trinajstić information content (AvgIpc) is 2.49. The Hall–Kier alpha value is -1.49. The van der Waals surface area contributed by atoms with Crippen molar-refractivity contribution in [3.05, 3.63) is 59.7 Å². The van der Waals surface area contributed by atoms with Gasteiger partial charge in [0.15, 0.2) is 0 Å². The molecule has 0 heterocycles. The fourth-order valence-corrected chi connectivity index (χ4v) is 2.97. The summed E-state index contributed by atoms with van der Waals surface area (Å²) in [4.78, 5) is 1.21. The molecule has 4 heteroatoms. The number of hydrazine groups is 1. The van der Waals surface area contributed by atoms with Crippen LogP contribution in [0.3, 0.4) is 0 Å². The van der Waals surface area contributed by atoms with Gasteiger partial charge in [0.05, 0.1) is 12.1 Å². The molecule has 1 unspecified atom stereocenters. The molecule has 0 amide bonds. The standard InChI is InChI=1S/C17H22N2OS/c1-12(2)20-15-10-6-4-8-13(15)17(19-18)14-9-5-7-11-16(14)21-3/h4-12,17,19H,18H2,1-3H3. The van der Waals surface area contributed by atoms with Gasteiger partial charge in [-0.3, -0.25) is 5.84 Å². The van der Waals surface area contributed by atoms with Crippen LogP contribution in [0.4, 0.5) is 0 Å². The molecule has 0 aliphatic heterocycles. The molecule has 0 spiro atoms. The number of rotatable bonds is 6. The zero-order chi connectivity index (χ0) is 15.2. The molecule has 0 fully saturated rings. The Bertz CT molecular complexity index is 587. The number of hydrogen-bond donors (Lipinski definition) is 2. The SMILES string of the molecule is CSc1ccccc1C(NN)c1ccccc1OC(C)C. The van der Waals surface area contributed by atoms with Gasteiger partial charge in [-0.05, 0) is 37.8 Å². The molecule has 2 rings (SSSR count). The summed E-state index contributed by atoms with van der Waals surface area (Å²) in [6, 6.07) is 16.2. The Morgan fingerprint density at radius 1 is 1.00 bits per heavy atom. The van der Waals surface area contributed by atoms with Crippen LogP contribution in [-0.4, -0.2) is 12.4 Å². The third-order valence-corrected chi connectivity index (χ3v) is 4.02. The molecular weight excluding hydrogens is 280 g/mol. The van der Waals surface area contributed by atoms with Gasteiger partial charge in [-0.25, -0.2) is 5.43 Å². The molecule has 0 bridgehead atoms. The van der Waals surface area contributed by atoms with Crippen LogP contribution in [0.15, 0.2) is 53.4 Å². The number of thioether (sulfide) groups is 1. The summed E-state index contributed by atoms with van der Waals surface area (Å²) >= 11 is 1.72. The van der Waals surface area contributed by atoms with E-state index >= 15 is 0 Å². The highest BCUT2D eigenvalue weighted by Crippen LogP contribution is 2.34. The Labute approximate surface area is 130 Å². The van der Waals surface area contributed by atoms with E-state index in [9.17, 15) is 0 Å². The molecule has 0 saturated carbocycles. The van der Waals surface area contributed by atoms with E-state index in [-0.39, 0.29) is 12.1 Å². The highest BCUT2D eigenvalue weighted by atomic mass is 32.2. The minimum Gasteiger partial charge on any atom is -0.491 e. The molecule has 21 heavy (non-hydrogen) atoms. The monoisotopic (exact) mass is 302 g/mol. The minimum absolute atomic E-state index is 0.0939. The molecule has 1 atom stereocenters. The van der Waals surface area contributed by atoms with E-state index in [2.05, 4.69) is 29.9 Å². The fourth-order valence-electron chi connectivity index (χ4n) is 2.33. The molecule has 2 aromatic rings. The van der Waals surface area contributed by atoms with Crippen LogP contribution in [-0.2, 0) is 0 Å². The number of benzene rings is 2. The maximum absolute atomic E-state index is 5.92. The van der Waals surface area contributed by atoms with Crippen molar-refractivity contribution >= 4 is 11.8 Å². The molecule has 0 aliphatic carbocycles. The first kappa shape index (κ1) is 15.9. The minimum atomic E-state index is -0.0939. The third-order valence-electron chi connectivity index (χ3n) is 3.21. The number of nitrogens with two attached hydrogens (primary N) is 1. The van der Waals surface area contributed by atoms with Gasteiger partial charge in [0.1, 0.15) is 5.75 Å². The topological polar surface area (TPSA) is 47.3 Å². The van der Waals surface area contributed by atoms with Gasteiger partial charge in [0.25, 0.3) is 0 Å². The highest BCUT2D eigenvalue weighted by molar-refractivity contribution is 7.98. The van der Waals surface area contributed by atoms with Crippen molar-refractivity contribution in [3.63, 3.8) is 0 Å². The first-order valence-corrected chi connectivity index (χ1v) is 8.24. The van der Waals surface area contributed by atoms with Crippen LogP contribution >= 0.6 is 11.8 Å². The van der Waals surface area contributed by atoms with Crippen molar-refractivity contribution in [2.45, 2.75) is 30.9 Å². The van der Waals surface area contributed by atoms with Gasteiger partial charge in [0.2, 0.25) is 0 Å². The zero-order valence-corrected chi connectivity index (χ0v) is 13.5. The summed E-state index contributed by atoms with van der Waals surface area (Å²) in [5, 5.41) is 0. The van der Waals surface area contributed by atoms with E-state index in [1.165, 1.54) is 4.90 Å². The predicted molar refractivity (Wildman–Crippen MR) is 89.6 cm³/mol. The summed E-state index contributed by atoms with van der Waals surface area (Å²) < 4.78 is 5.92. The molecule has 112 valence electrons. The molecule has 0 aromatic heterocycles. The van der Waals surface area contributed by atoms with Gasteiger partial charge in [-0.15, -0.1) is 11.8 Å². The second-order valence-corrected chi connectivity index (χ2v) is 5.89. The largest absolute Gasteiger partial charge is 0.491 e. The Morgan fingerprint density at radius 3 is 2.24 bits per heavy atom. The van der Waals surface area contributed by atoms with Crippen molar-refractivity contribution in [3.8, 4) is 5.75 Å². The molecule has 3 nitrogen and oxygen atoms in total. The normalized spacial score (nSPS) is 12.4. The Kier molecular flexibility index (Phi) is 5.67. The van der Waals surface area contributed by atoms with E-state index < -0.39 is 0 Å². The molecule has 0 radical (unpaired) electrons. The van der Waals surface area contributed by atoms with Crippen LogP contribution in [0.5, 0.6) is 5.75 Å². The summed E-state index contributed by atoms with van der Waals surface area (Å²) in [5.41, 5.74) is 5.14. The van der Waals surface area contributed by atoms with Gasteiger partial charge >= 0.3 is 0 Å². The van der Waals surface area contributed by atoms with Crippen molar-refractivity contribution < 1.29 is 4.74 Å². The first-order chi connectivity index (χ1) is 10.2. The van der Waals surface area contributed by atoms with E-state index in [0.717, 1.165) is 16.9 Å². The van der Waals surface area contributed by atoms with Crippen LogP contribution in [0.25, 0.3) is 0 Å². The van der Waals surface area contributed by atoms with Gasteiger partial charge in [-0.2, -0.15) is 0 Å². The molecular formula is C17H22N2OS. The van der Waals surface area contributed by atoms with Crippen LogP contribution in [0.2, 0.25) is 0 Å². The van der Waals surface area contributed by atoms with E-state index in [1.54, 1.807) is 11.8 Å². The van der Waals surface area contributed by atoms with Gasteiger partial charge in [-0.1, -0.05) is 36.4 Å². The summed E-state index contributed by atoms with van der Waals surface area (Å²) in [5.74, 6) is 6.71. The number of nitrogens with one attached hydrogen (secondary N) is 1. The van der Waals surface area contributed by atoms with Crippen LogP contribution < -0.4 is 16.0 Å². The predicted octanol–water partition coefficient (Wildman–Crippen LogP) is 3.75. The van der Waals surface area contributed by atoms with Crippen molar-refractivity contribution in [1.82, 2.24) is 5.43 Å². The molecule has 2 aromatic carbocycles. The first-order valence-electron chi connectivity index (χ1n) is 7.02. The molecule has 3 N–H and O–H groups in total. The van der Waals surface area contributed by atoms with E-state index in [0.29, 0.717) is 0 Å². The molecule has 0 saturated heterocycles. The fraction of sp³-hybridized carbons (Fsp3) is 0.294. The van der Waals surface area contributed by atoms with Gasteiger partial charge < -0.3 is 4.74 Å². The summed E-state index contributed by atoms with van der Waals surface area (Å²) in [7, 11) is 0. The second kappa shape index (κ2) is 7.50. The second-order valence-electron chi connectivity index (χ2n) is 5.05. The van der Waals surface area contributed by atoms with Gasteiger partial charge in [0, 0.05) is 10.5 Å². The number of para-hydroxylation sites is 1. The lowest BCUT2D eigenvalue weighted by Crippen LogP contribution is -2.29. The quantitative estimate of drug-likeness (QED) is 0.485. The van der Waals surface area contributed by atoms with E-state index in [4.69, 9.17) is 10.6 Å². The van der Waals surface area contributed by atoms with Crippen molar-refractivity contribution in [2.75, 3.05) is 6.26 Å². The summed E-state index contributed by atoms with van der Waals surface area (Å²) in [6.07, 6.45) is 2.20. The smallest absolute Gasteiger partial charge is 0.124 e. The van der Waals surface area contributed by atoms with Crippen LogP contribution in [0.1, 0.15) is 31.0 Å². The zero-order valence-electron chi connectivity index (χ0n) is 12.7. The highest BCUT2D eigenvalue weighted by Gasteiger charge is 2.19. The average molecular weight is 302 g/mol. The number of ether oxygens (including phenoxy) is 1. The lowest BCUT2D eigenvalue weighted by atomic mass is 9.98.